The van der Waals surface area contributed by atoms with Crippen molar-refractivity contribution >= 4 is 17.3 Å². The van der Waals surface area contributed by atoms with Gasteiger partial charge in [0.2, 0.25) is 5.91 Å². The average Bonchev–Trinajstić information content (AvgIpc) is 2.41. The molecule has 0 spiro atoms. The van der Waals surface area contributed by atoms with Crippen LogP contribution in [0, 0.1) is 5.82 Å². The van der Waals surface area contributed by atoms with Crippen molar-refractivity contribution in [3.05, 3.63) is 24.0 Å². The first kappa shape index (κ1) is 13.8. The Morgan fingerprint density at radius 3 is 3.00 bits per heavy atom. The van der Waals surface area contributed by atoms with Crippen LogP contribution in [0.1, 0.15) is 19.3 Å². The van der Waals surface area contributed by atoms with Crippen molar-refractivity contribution in [3.8, 4) is 0 Å². The summed E-state index contributed by atoms with van der Waals surface area (Å²) in [5.74, 6) is -0.579. The van der Waals surface area contributed by atoms with Crippen LogP contribution in [-0.2, 0) is 9.63 Å². The highest BCUT2D eigenvalue weighted by Crippen LogP contribution is 2.19. The number of anilines is 2. The number of hydrogen-bond donors (Lipinski definition) is 2. The lowest BCUT2D eigenvalue weighted by molar-refractivity contribution is -0.181. The SMILES string of the molecule is Nc1cc(F)ccc1NC(=O)CCN1CCCCO1. The number of nitrogens with two attached hydrogens (primary N) is 1. The van der Waals surface area contributed by atoms with Crippen LogP contribution in [0.25, 0.3) is 0 Å². The van der Waals surface area contributed by atoms with E-state index in [-0.39, 0.29) is 11.6 Å². The number of nitrogens with zero attached hydrogens (tertiary/aromatic N) is 1. The van der Waals surface area contributed by atoms with Gasteiger partial charge in [-0.25, -0.2) is 4.39 Å². The Morgan fingerprint density at radius 1 is 1.47 bits per heavy atom. The summed E-state index contributed by atoms with van der Waals surface area (Å²) < 4.78 is 12.9. The first-order chi connectivity index (χ1) is 9.15. The molecule has 1 aliphatic heterocycles. The zero-order valence-corrected chi connectivity index (χ0v) is 10.7. The third-order valence-corrected chi connectivity index (χ3v) is 2.95. The van der Waals surface area contributed by atoms with Gasteiger partial charge in [-0.1, -0.05) is 0 Å². The molecular weight excluding hydrogens is 249 g/mol. The van der Waals surface area contributed by atoms with E-state index in [0.29, 0.717) is 25.3 Å². The summed E-state index contributed by atoms with van der Waals surface area (Å²) in [5, 5.41) is 4.47. The average molecular weight is 267 g/mol. The standard InChI is InChI=1S/C13H18FN3O2/c14-10-3-4-12(11(15)9-10)16-13(18)5-7-17-6-1-2-8-19-17/h3-4,9H,1-2,5-8,15H2,(H,16,18). The van der Waals surface area contributed by atoms with Gasteiger partial charge in [0.15, 0.2) is 0 Å². The summed E-state index contributed by atoms with van der Waals surface area (Å²) in [4.78, 5) is 17.1. The maximum atomic E-state index is 12.9. The van der Waals surface area contributed by atoms with E-state index in [0.717, 1.165) is 19.4 Å². The second-order valence-corrected chi connectivity index (χ2v) is 4.50. The van der Waals surface area contributed by atoms with Gasteiger partial charge >= 0.3 is 0 Å². The Bertz CT molecular complexity index is 448. The van der Waals surface area contributed by atoms with E-state index in [1.807, 2.05) is 0 Å². The molecule has 0 aromatic heterocycles. The number of amides is 1. The van der Waals surface area contributed by atoms with Crippen molar-refractivity contribution in [1.29, 1.82) is 0 Å². The van der Waals surface area contributed by atoms with E-state index in [9.17, 15) is 9.18 Å². The Balaban J connectivity index is 1.80. The number of nitrogen functional groups attached to an aromatic ring is 1. The molecular formula is C13H18FN3O2. The maximum Gasteiger partial charge on any atom is 0.225 e. The molecule has 0 unspecified atom stereocenters. The Hall–Kier alpha value is -1.66. The summed E-state index contributed by atoms with van der Waals surface area (Å²) in [6.45, 7) is 2.12. The third kappa shape index (κ3) is 4.18. The Morgan fingerprint density at radius 2 is 2.32 bits per heavy atom. The number of carbonyl (C=O) groups excluding carboxylic acids is 1. The van der Waals surface area contributed by atoms with E-state index in [4.69, 9.17) is 10.6 Å². The summed E-state index contributed by atoms with van der Waals surface area (Å²) in [5.41, 5.74) is 6.28. The van der Waals surface area contributed by atoms with Crippen LogP contribution >= 0.6 is 0 Å². The second-order valence-electron chi connectivity index (χ2n) is 4.50. The van der Waals surface area contributed by atoms with Crippen LogP contribution < -0.4 is 11.1 Å². The fourth-order valence-corrected chi connectivity index (χ4v) is 1.91. The lowest BCUT2D eigenvalue weighted by Gasteiger charge is -2.25. The summed E-state index contributed by atoms with van der Waals surface area (Å²) >= 11 is 0. The molecule has 1 saturated heterocycles. The normalized spacial score (nSPS) is 16.3. The Labute approximate surface area is 111 Å². The maximum absolute atomic E-state index is 12.9. The number of halogens is 1. The summed E-state index contributed by atoms with van der Waals surface area (Å²) in [6.07, 6.45) is 2.47. The van der Waals surface area contributed by atoms with Gasteiger partial charge in [-0.3, -0.25) is 9.63 Å². The lowest BCUT2D eigenvalue weighted by atomic mass is 10.2. The minimum absolute atomic E-state index is 0.160. The molecule has 0 aliphatic carbocycles. The molecule has 5 nitrogen and oxygen atoms in total. The fourth-order valence-electron chi connectivity index (χ4n) is 1.91. The fraction of sp³-hybridized carbons (Fsp3) is 0.462. The number of benzene rings is 1. The highest BCUT2D eigenvalue weighted by Gasteiger charge is 2.13. The minimum atomic E-state index is -0.419. The van der Waals surface area contributed by atoms with Crippen LogP contribution in [-0.4, -0.2) is 30.7 Å². The zero-order valence-electron chi connectivity index (χ0n) is 10.7. The molecule has 6 heteroatoms. The number of rotatable bonds is 4. The number of hydroxylamine groups is 2. The molecule has 19 heavy (non-hydrogen) atoms. The zero-order chi connectivity index (χ0) is 13.7. The minimum Gasteiger partial charge on any atom is -0.397 e. The van der Waals surface area contributed by atoms with Crippen molar-refractivity contribution in [1.82, 2.24) is 5.06 Å². The first-order valence-corrected chi connectivity index (χ1v) is 6.38. The van der Waals surface area contributed by atoms with Crippen molar-refractivity contribution in [2.75, 3.05) is 30.7 Å². The summed E-state index contributed by atoms with van der Waals surface area (Å²) in [7, 11) is 0. The van der Waals surface area contributed by atoms with Crippen LogP contribution in [0.15, 0.2) is 18.2 Å². The van der Waals surface area contributed by atoms with Crippen LogP contribution in [0.2, 0.25) is 0 Å². The van der Waals surface area contributed by atoms with Gasteiger partial charge in [0, 0.05) is 19.5 Å². The quantitative estimate of drug-likeness (QED) is 0.816. The van der Waals surface area contributed by atoms with E-state index in [1.165, 1.54) is 18.2 Å². The lowest BCUT2D eigenvalue weighted by Crippen LogP contribution is -2.32. The van der Waals surface area contributed by atoms with Gasteiger partial charge < -0.3 is 11.1 Å². The molecule has 1 aliphatic rings. The van der Waals surface area contributed by atoms with E-state index in [1.54, 1.807) is 5.06 Å². The van der Waals surface area contributed by atoms with Crippen LogP contribution in [0.4, 0.5) is 15.8 Å². The molecule has 0 atom stereocenters. The largest absolute Gasteiger partial charge is 0.397 e. The highest BCUT2D eigenvalue weighted by atomic mass is 19.1. The highest BCUT2D eigenvalue weighted by molar-refractivity contribution is 5.93. The molecule has 3 N–H and O–H groups in total. The van der Waals surface area contributed by atoms with Crippen molar-refractivity contribution < 1.29 is 14.0 Å². The third-order valence-electron chi connectivity index (χ3n) is 2.95. The number of carbonyl (C=O) groups is 1. The van der Waals surface area contributed by atoms with E-state index >= 15 is 0 Å². The van der Waals surface area contributed by atoms with E-state index in [2.05, 4.69) is 5.32 Å². The monoisotopic (exact) mass is 267 g/mol. The van der Waals surface area contributed by atoms with Crippen LogP contribution in [0.5, 0.6) is 0 Å². The molecule has 1 aromatic carbocycles. The molecule has 0 radical (unpaired) electrons. The van der Waals surface area contributed by atoms with Gasteiger partial charge in [0.25, 0.3) is 0 Å². The number of hydrogen-bond acceptors (Lipinski definition) is 4. The van der Waals surface area contributed by atoms with Crippen LogP contribution in [0.3, 0.4) is 0 Å². The molecule has 0 saturated carbocycles. The Kier molecular flexibility index (Phi) is 4.70. The summed E-state index contributed by atoms with van der Waals surface area (Å²) in [6, 6.07) is 3.91. The number of nitrogens with one attached hydrogen (secondary N) is 1. The smallest absolute Gasteiger partial charge is 0.225 e. The molecule has 1 amide bonds. The predicted octanol–water partition coefficient (Wildman–Crippen LogP) is 1.76. The van der Waals surface area contributed by atoms with Gasteiger partial charge in [0.05, 0.1) is 18.0 Å². The molecule has 2 rings (SSSR count). The van der Waals surface area contributed by atoms with Gasteiger partial charge in [-0.15, -0.1) is 0 Å². The van der Waals surface area contributed by atoms with Crippen molar-refractivity contribution in [3.63, 3.8) is 0 Å². The topological polar surface area (TPSA) is 67.6 Å². The predicted molar refractivity (Wildman–Crippen MR) is 70.8 cm³/mol. The van der Waals surface area contributed by atoms with Crippen molar-refractivity contribution in [2.45, 2.75) is 19.3 Å². The molecule has 1 heterocycles. The first-order valence-electron chi connectivity index (χ1n) is 6.38. The molecule has 104 valence electrons. The van der Waals surface area contributed by atoms with E-state index < -0.39 is 5.82 Å². The van der Waals surface area contributed by atoms with Gasteiger partial charge in [-0.05, 0) is 31.0 Å². The molecule has 1 aromatic rings. The van der Waals surface area contributed by atoms with Gasteiger partial charge in [-0.2, -0.15) is 5.06 Å². The van der Waals surface area contributed by atoms with Gasteiger partial charge in [0.1, 0.15) is 5.82 Å². The van der Waals surface area contributed by atoms with Crippen molar-refractivity contribution in [2.24, 2.45) is 0 Å². The second kappa shape index (κ2) is 6.49. The molecule has 1 fully saturated rings. The molecule has 0 bridgehead atoms.